The highest BCUT2D eigenvalue weighted by Crippen LogP contribution is 2.41. The Morgan fingerprint density at radius 3 is 2.06 bits per heavy atom. The van der Waals surface area contributed by atoms with E-state index in [0.29, 0.717) is 17.2 Å². The number of halogens is 1. The third-order valence-corrected chi connectivity index (χ3v) is 9.88. The molecule has 0 spiro atoms. The van der Waals surface area contributed by atoms with Crippen molar-refractivity contribution in [3.63, 3.8) is 0 Å². The Bertz CT molecular complexity index is 1300. The second-order valence-corrected chi connectivity index (χ2v) is 14.5. The van der Waals surface area contributed by atoms with Crippen LogP contribution in [0.25, 0.3) is 0 Å². The number of benzene rings is 2. The summed E-state index contributed by atoms with van der Waals surface area (Å²) in [5.41, 5.74) is 4.89. The molecular weight excluding hydrogens is 662 g/mol. The van der Waals surface area contributed by atoms with E-state index in [4.69, 9.17) is 21.7 Å². The maximum Gasteiger partial charge on any atom is 0.338 e. The second-order valence-electron chi connectivity index (χ2n) is 14.1. The molecule has 1 aliphatic heterocycles. The number of ether oxygens (including phenoxy) is 2. The first kappa shape index (κ1) is 43.6. The van der Waals surface area contributed by atoms with Crippen molar-refractivity contribution < 1.29 is 14.3 Å². The van der Waals surface area contributed by atoms with Crippen molar-refractivity contribution in [2.75, 3.05) is 27.2 Å². The van der Waals surface area contributed by atoms with Gasteiger partial charge in [-0.2, -0.15) is 0 Å². The van der Waals surface area contributed by atoms with Crippen LogP contribution in [0.4, 0.5) is 0 Å². The van der Waals surface area contributed by atoms with Crippen LogP contribution in [-0.2, 0) is 22.5 Å². The number of allylic oxidation sites excluding steroid dienone is 1. The minimum absolute atomic E-state index is 0. The van der Waals surface area contributed by atoms with E-state index < -0.39 is 6.04 Å². The van der Waals surface area contributed by atoms with Gasteiger partial charge < -0.3 is 24.6 Å². The first-order chi connectivity index (χ1) is 23.8. The van der Waals surface area contributed by atoms with Gasteiger partial charge in [0.15, 0.2) is 5.11 Å². The molecule has 1 unspecified atom stereocenters. The molecule has 1 heterocycles. The maximum absolute atomic E-state index is 13.8. The molecule has 0 radical (unpaired) electrons. The van der Waals surface area contributed by atoms with Gasteiger partial charge in [-0.15, -0.1) is 12.4 Å². The Balaban J connectivity index is 0.00000867. The number of thiocarbonyl (C=S) groups is 1. The third-order valence-electron chi connectivity index (χ3n) is 9.54. The molecule has 0 aromatic heterocycles. The highest BCUT2D eigenvalue weighted by atomic mass is 35.5. The molecule has 1 aliphatic rings. The van der Waals surface area contributed by atoms with Gasteiger partial charge in [0.05, 0.1) is 24.8 Å². The van der Waals surface area contributed by atoms with Gasteiger partial charge in [-0.1, -0.05) is 126 Å². The third kappa shape index (κ3) is 14.6. The molecule has 50 heavy (non-hydrogen) atoms. The molecule has 1 atom stereocenters. The lowest BCUT2D eigenvalue weighted by molar-refractivity contribution is -0.143. The normalized spacial score (nSPS) is 14.6. The average Bonchev–Trinajstić information content (AvgIpc) is 3.07. The fourth-order valence-corrected chi connectivity index (χ4v) is 7.31. The van der Waals surface area contributed by atoms with Crippen molar-refractivity contribution in [3.05, 3.63) is 76.5 Å². The number of carbonyl (C=O) groups is 1. The van der Waals surface area contributed by atoms with E-state index in [9.17, 15) is 4.79 Å². The Kier molecular flexibility index (Phi) is 21.4. The summed E-state index contributed by atoms with van der Waals surface area (Å²) in [5, 5.41) is 3.98. The van der Waals surface area contributed by atoms with E-state index >= 15 is 0 Å². The van der Waals surface area contributed by atoms with Gasteiger partial charge in [0.25, 0.3) is 0 Å². The smallest absolute Gasteiger partial charge is 0.338 e. The van der Waals surface area contributed by atoms with Crippen LogP contribution < -0.4 is 10.1 Å². The van der Waals surface area contributed by atoms with E-state index in [1.54, 1.807) is 7.11 Å². The second kappa shape index (κ2) is 24.6. The van der Waals surface area contributed by atoms with Crippen LogP contribution in [0.1, 0.15) is 140 Å². The van der Waals surface area contributed by atoms with Crippen LogP contribution in [0, 0.1) is 0 Å². The quantitative estimate of drug-likeness (QED) is 0.0656. The number of methoxy groups -OCH3 is 1. The zero-order valence-electron chi connectivity index (χ0n) is 31.9. The molecule has 3 rings (SSSR count). The minimum Gasteiger partial charge on any atom is -0.496 e. The highest BCUT2D eigenvalue weighted by molar-refractivity contribution is 7.80. The molecule has 6 nitrogen and oxygen atoms in total. The van der Waals surface area contributed by atoms with Crippen molar-refractivity contribution in [3.8, 4) is 5.75 Å². The molecule has 1 N–H and O–H groups in total. The molecule has 2 aromatic rings. The Labute approximate surface area is 316 Å². The summed E-state index contributed by atoms with van der Waals surface area (Å²) in [4.78, 5) is 18.3. The van der Waals surface area contributed by atoms with Crippen LogP contribution in [0.3, 0.4) is 0 Å². The van der Waals surface area contributed by atoms with Crippen LogP contribution >= 0.6 is 24.6 Å². The lowest BCUT2D eigenvalue weighted by Crippen LogP contribution is -2.49. The number of carbonyl (C=O) groups excluding carboxylic acids is 1. The fraction of sp³-hybridized carbons (Fsp3) is 0.619. The van der Waals surface area contributed by atoms with E-state index in [-0.39, 0.29) is 24.5 Å². The summed E-state index contributed by atoms with van der Waals surface area (Å²) in [5.74, 6) is 0.479. The number of nitrogens with one attached hydrogen (secondary N) is 1. The minimum atomic E-state index is -0.396. The first-order valence-corrected chi connectivity index (χ1v) is 19.5. The van der Waals surface area contributed by atoms with E-state index in [0.717, 1.165) is 49.4 Å². The molecule has 2 aromatic carbocycles. The van der Waals surface area contributed by atoms with Crippen LogP contribution in [0.5, 0.6) is 5.75 Å². The summed E-state index contributed by atoms with van der Waals surface area (Å²) in [6.45, 7) is 10.5. The predicted molar refractivity (Wildman–Crippen MR) is 216 cm³/mol. The summed E-state index contributed by atoms with van der Waals surface area (Å²) < 4.78 is 11.9. The van der Waals surface area contributed by atoms with Gasteiger partial charge >= 0.3 is 5.97 Å². The van der Waals surface area contributed by atoms with E-state index in [1.807, 2.05) is 26.8 Å². The molecule has 0 aliphatic carbocycles. The van der Waals surface area contributed by atoms with E-state index in [2.05, 4.69) is 71.6 Å². The predicted octanol–water partition coefficient (Wildman–Crippen LogP) is 10.7. The Morgan fingerprint density at radius 2 is 1.48 bits per heavy atom. The molecule has 280 valence electrons. The average molecular weight is 729 g/mol. The van der Waals surface area contributed by atoms with Crippen LogP contribution in [0.15, 0.2) is 59.8 Å². The largest absolute Gasteiger partial charge is 0.496 e. The molecular formula is C42H66ClN3O3S. The van der Waals surface area contributed by atoms with Gasteiger partial charge in [-0.25, -0.2) is 4.79 Å². The van der Waals surface area contributed by atoms with Gasteiger partial charge in [-0.3, -0.25) is 0 Å². The Hall–Kier alpha value is -2.61. The van der Waals surface area contributed by atoms with Crippen molar-refractivity contribution in [2.45, 2.75) is 143 Å². The number of hydrogen-bond donors (Lipinski definition) is 1. The number of nitrogens with zero attached hydrogens (tertiary/aromatic N) is 2. The molecule has 0 bridgehead atoms. The summed E-state index contributed by atoms with van der Waals surface area (Å²) in [6, 6.07) is 16.4. The summed E-state index contributed by atoms with van der Waals surface area (Å²) in [6.07, 6.45) is 18.9. The van der Waals surface area contributed by atoms with Gasteiger partial charge in [0.1, 0.15) is 5.75 Å². The van der Waals surface area contributed by atoms with Crippen LogP contribution in [-0.4, -0.2) is 54.2 Å². The number of esters is 1. The van der Waals surface area contributed by atoms with Crippen molar-refractivity contribution in [1.82, 2.24) is 15.1 Å². The van der Waals surface area contributed by atoms with Crippen LogP contribution in [0.2, 0.25) is 0 Å². The zero-order chi connectivity index (χ0) is 35.4. The van der Waals surface area contributed by atoms with Gasteiger partial charge in [0, 0.05) is 24.4 Å². The SMILES string of the molecule is CCCCCCCCCCCCCCCc1cccc(OC)c1C1C(C(=O)OC(C)C)=C(C)NC(=S)N1CCCN(C)Cc1ccccc1.Cl. The molecule has 0 saturated heterocycles. The first-order valence-electron chi connectivity index (χ1n) is 19.1. The maximum atomic E-state index is 13.8. The van der Waals surface area contributed by atoms with Gasteiger partial charge in [0.2, 0.25) is 0 Å². The standard InChI is InChI=1S/C42H65N3O3S.ClH/c1-7-8-9-10-11-12-13-14-15-16-17-18-22-27-36-28-23-29-37(47-6)39(36)40-38(41(46)48-33(2)3)34(4)43-42(49)45(40)31-24-30-44(5)32-35-25-20-19-21-26-35;/h19-21,23,25-26,28-29,33,40H,7-18,22,24,27,30-32H2,1-6H3,(H,43,49);1H. The topological polar surface area (TPSA) is 54.0 Å². The zero-order valence-corrected chi connectivity index (χ0v) is 33.6. The molecule has 0 fully saturated rings. The number of rotatable bonds is 24. The lowest BCUT2D eigenvalue weighted by Gasteiger charge is -2.41. The van der Waals surface area contributed by atoms with Crippen molar-refractivity contribution in [2.24, 2.45) is 0 Å². The number of unbranched alkanes of at least 4 members (excludes halogenated alkanes) is 12. The molecule has 0 saturated carbocycles. The Morgan fingerprint density at radius 1 is 0.880 bits per heavy atom. The monoisotopic (exact) mass is 727 g/mol. The van der Waals surface area contributed by atoms with Crippen molar-refractivity contribution in [1.29, 1.82) is 0 Å². The summed E-state index contributed by atoms with van der Waals surface area (Å²) >= 11 is 5.99. The van der Waals surface area contributed by atoms with Crippen molar-refractivity contribution >= 4 is 35.7 Å². The van der Waals surface area contributed by atoms with Gasteiger partial charge in [-0.05, 0) is 83.0 Å². The molecule has 8 heteroatoms. The highest BCUT2D eigenvalue weighted by Gasteiger charge is 2.39. The number of aryl methyl sites for hydroxylation is 1. The lowest BCUT2D eigenvalue weighted by atomic mass is 9.87. The fourth-order valence-electron chi connectivity index (χ4n) is 6.96. The van der Waals surface area contributed by atoms with E-state index in [1.165, 1.54) is 88.2 Å². The summed E-state index contributed by atoms with van der Waals surface area (Å²) in [7, 11) is 3.87. The molecule has 0 amide bonds. The number of hydrogen-bond acceptors (Lipinski definition) is 5.